The molecule has 1 aromatic heterocycles. The predicted octanol–water partition coefficient (Wildman–Crippen LogP) is 1.92. The normalized spacial score (nSPS) is 19.1. The van der Waals surface area contributed by atoms with Crippen LogP contribution in [0.2, 0.25) is 0 Å². The van der Waals surface area contributed by atoms with Crippen molar-refractivity contribution in [3.63, 3.8) is 0 Å². The highest BCUT2D eigenvalue weighted by atomic mass is 16.4. The first-order valence-electron chi connectivity index (χ1n) is 6.60. The van der Waals surface area contributed by atoms with E-state index in [1.54, 1.807) is 6.07 Å². The number of piperidine rings is 1. The van der Waals surface area contributed by atoms with E-state index in [4.69, 9.17) is 5.11 Å². The van der Waals surface area contributed by atoms with Crippen LogP contribution in [0.4, 0.5) is 5.69 Å². The molecule has 1 aliphatic rings. The molecule has 0 atom stereocenters. The van der Waals surface area contributed by atoms with Gasteiger partial charge in [-0.15, -0.1) is 0 Å². The van der Waals surface area contributed by atoms with Crippen LogP contribution in [0, 0.1) is 5.41 Å². The van der Waals surface area contributed by atoms with Gasteiger partial charge in [0.25, 0.3) is 0 Å². The summed E-state index contributed by atoms with van der Waals surface area (Å²) < 4.78 is 0. The van der Waals surface area contributed by atoms with Gasteiger partial charge in [-0.25, -0.2) is 9.78 Å². The van der Waals surface area contributed by atoms with Crippen LogP contribution in [-0.2, 0) is 0 Å². The number of nitrogens with zero attached hydrogens (tertiary/aromatic N) is 2. The second-order valence-corrected chi connectivity index (χ2v) is 5.70. The molecule has 0 bridgehead atoms. The average molecular weight is 263 g/mol. The second-order valence-electron chi connectivity index (χ2n) is 5.70. The number of carbonyl (C=O) groups is 1. The maximum absolute atomic E-state index is 10.9. The Hall–Kier alpha value is -1.62. The van der Waals surface area contributed by atoms with Crippen LogP contribution in [-0.4, -0.2) is 47.6 Å². The fraction of sp³-hybridized carbons (Fsp3) is 0.571. The Bertz CT molecular complexity index is 454. The quantitative estimate of drug-likeness (QED) is 0.869. The number of hydrogen-bond donors (Lipinski definition) is 2. The lowest BCUT2D eigenvalue weighted by Gasteiger charge is -2.38. The van der Waals surface area contributed by atoms with Crippen molar-refractivity contribution in [1.82, 2.24) is 9.88 Å². The minimum Gasteiger partial charge on any atom is -0.477 e. The zero-order chi connectivity index (χ0) is 13.9. The summed E-state index contributed by atoms with van der Waals surface area (Å²) >= 11 is 0. The number of pyridine rings is 1. The van der Waals surface area contributed by atoms with Crippen molar-refractivity contribution < 1.29 is 9.90 Å². The Labute approximate surface area is 113 Å². The monoisotopic (exact) mass is 263 g/mol. The van der Waals surface area contributed by atoms with E-state index >= 15 is 0 Å². The van der Waals surface area contributed by atoms with Crippen molar-refractivity contribution in [1.29, 1.82) is 0 Å². The van der Waals surface area contributed by atoms with Crippen LogP contribution < -0.4 is 5.32 Å². The summed E-state index contributed by atoms with van der Waals surface area (Å²) in [5, 5.41) is 12.3. The number of hydrogen-bond acceptors (Lipinski definition) is 4. The first-order valence-corrected chi connectivity index (χ1v) is 6.60. The second kappa shape index (κ2) is 5.57. The largest absolute Gasteiger partial charge is 0.477 e. The van der Waals surface area contributed by atoms with E-state index in [2.05, 4.69) is 29.2 Å². The van der Waals surface area contributed by atoms with Crippen molar-refractivity contribution in [3.8, 4) is 0 Å². The lowest BCUT2D eigenvalue weighted by Crippen LogP contribution is -2.40. The molecule has 1 aliphatic heterocycles. The lowest BCUT2D eigenvalue weighted by molar-refractivity contribution is 0.0690. The summed E-state index contributed by atoms with van der Waals surface area (Å²) in [5.41, 5.74) is 1.19. The summed E-state index contributed by atoms with van der Waals surface area (Å²) in [4.78, 5) is 17.0. The molecule has 0 saturated carbocycles. The summed E-state index contributed by atoms with van der Waals surface area (Å²) in [6, 6.07) is 3.39. The molecule has 1 aromatic rings. The summed E-state index contributed by atoms with van der Waals surface area (Å²) in [6.07, 6.45) is 3.85. The minimum absolute atomic E-state index is 0.0820. The van der Waals surface area contributed by atoms with Crippen molar-refractivity contribution in [3.05, 3.63) is 24.0 Å². The number of carboxylic acids is 1. The maximum atomic E-state index is 10.9. The molecule has 104 valence electrons. The van der Waals surface area contributed by atoms with Gasteiger partial charge in [0.2, 0.25) is 0 Å². The fourth-order valence-corrected chi connectivity index (χ4v) is 2.31. The van der Waals surface area contributed by atoms with Gasteiger partial charge in [-0.2, -0.15) is 0 Å². The van der Waals surface area contributed by atoms with Crippen LogP contribution in [0.25, 0.3) is 0 Å². The molecule has 0 amide bonds. The SMILES string of the molecule is CN1CCC(C)(CNc2ccnc(C(=O)O)c2)CC1. The summed E-state index contributed by atoms with van der Waals surface area (Å²) in [6.45, 7) is 5.39. The highest BCUT2D eigenvalue weighted by Gasteiger charge is 2.28. The zero-order valence-electron chi connectivity index (χ0n) is 11.5. The van der Waals surface area contributed by atoms with Gasteiger partial charge in [0, 0.05) is 18.4 Å². The number of likely N-dealkylation sites (tertiary alicyclic amines) is 1. The molecule has 0 radical (unpaired) electrons. The summed E-state index contributed by atoms with van der Waals surface area (Å²) in [5.74, 6) is -0.992. The third kappa shape index (κ3) is 3.67. The molecule has 5 heteroatoms. The molecule has 1 fully saturated rings. The Morgan fingerprint density at radius 2 is 2.21 bits per heavy atom. The van der Waals surface area contributed by atoms with Crippen molar-refractivity contribution in [2.24, 2.45) is 5.41 Å². The number of anilines is 1. The van der Waals surface area contributed by atoms with Crippen LogP contribution in [0.3, 0.4) is 0 Å². The number of nitrogens with one attached hydrogen (secondary N) is 1. The molecule has 0 aromatic carbocycles. The Morgan fingerprint density at radius 3 is 2.84 bits per heavy atom. The van der Waals surface area contributed by atoms with E-state index in [1.807, 2.05) is 6.07 Å². The van der Waals surface area contributed by atoms with Crippen molar-refractivity contribution in [2.75, 3.05) is 32.0 Å². The first-order chi connectivity index (χ1) is 8.98. The molecular formula is C14H21N3O2. The molecule has 2 heterocycles. The molecule has 0 spiro atoms. The Kier molecular flexibility index (Phi) is 4.04. The predicted molar refractivity (Wildman–Crippen MR) is 74.5 cm³/mol. The van der Waals surface area contributed by atoms with E-state index in [1.165, 1.54) is 6.20 Å². The Morgan fingerprint density at radius 1 is 1.53 bits per heavy atom. The topological polar surface area (TPSA) is 65.5 Å². The smallest absolute Gasteiger partial charge is 0.354 e. The van der Waals surface area contributed by atoms with Gasteiger partial charge < -0.3 is 15.3 Å². The fourth-order valence-electron chi connectivity index (χ4n) is 2.31. The third-order valence-corrected chi connectivity index (χ3v) is 3.89. The van der Waals surface area contributed by atoms with Crippen LogP contribution >= 0.6 is 0 Å². The molecular weight excluding hydrogens is 242 g/mol. The van der Waals surface area contributed by atoms with Crippen molar-refractivity contribution in [2.45, 2.75) is 19.8 Å². The summed E-state index contributed by atoms with van der Waals surface area (Å²) in [7, 11) is 2.15. The van der Waals surface area contributed by atoms with E-state index in [9.17, 15) is 4.79 Å². The number of aromatic carboxylic acids is 1. The molecule has 0 unspecified atom stereocenters. The number of aromatic nitrogens is 1. The first kappa shape index (κ1) is 13.8. The molecule has 2 N–H and O–H groups in total. The third-order valence-electron chi connectivity index (χ3n) is 3.89. The van der Waals surface area contributed by atoms with Gasteiger partial charge in [0.15, 0.2) is 0 Å². The lowest BCUT2D eigenvalue weighted by atomic mass is 9.80. The molecule has 0 aliphatic carbocycles. The highest BCUT2D eigenvalue weighted by Crippen LogP contribution is 2.30. The Balaban J connectivity index is 1.95. The van der Waals surface area contributed by atoms with Gasteiger partial charge in [-0.1, -0.05) is 6.92 Å². The molecule has 5 nitrogen and oxygen atoms in total. The molecule has 2 rings (SSSR count). The van der Waals surface area contributed by atoms with Crippen LogP contribution in [0.5, 0.6) is 0 Å². The van der Waals surface area contributed by atoms with Gasteiger partial charge in [-0.05, 0) is 50.5 Å². The van der Waals surface area contributed by atoms with E-state index in [-0.39, 0.29) is 11.1 Å². The van der Waals surface area contributed by atoms with Crippen molar-refractivity contribution >= 4 is 11.7 Å². The van der Waals surface area contributed by atoms with Gasteiger partial charge in [0.1, 0.15) is 5.69 Å². The minimum atomic E-state index is -0.992. The van der Waals surface area contributed by atoms with E-state index in [0.29, 0.717) is 0 Å². The van der Waals surface area contributed by atoms with Gasteiger partial charge in [-0.3, -0.25) is 0 Å². The number of rotatable bonds is 4. The zero-order valence-corrected chi connectivity index (χ0v) is 11.5. The van der Waals surface area contributed by atoms with Crippen LogP contribution in [0.15, 0.2) is 18.3 Å². The van der Waals surface area contributed by atoms with Crippen LogP contribution in [0.1, 0.15) is 30.3 Å². The van der Waals surface area contributed by atoms with E-state index < -0.39 is 5.97 Å². The maximum Gasteiger partial charge on any atom is 0.354 e. The molecule has 1 saturated heterocycles. The average Bonchev–Trinajstić information content (AvgIpc) is 2.41. The standard InChI is InChI=1S/C14H21N3O2/c1-14(4-7-17(2)8-5-14)10-16-11-3-6-15-12(9-11)13(18)19/h3,6,9H,4-5,7-8,10H2,1-2H3,(H,15,16)(H,18,19). The van der Waals surface area contributed by atoms with Gasteiger partial charge >= 0.3 is 5.97 Å². The van der Waals surface area contributed by atoms with Gasteiger partial charge in [0.05, 0.1) is 0 Å². The molecule has 19 heavy (non-hydrogen) atoms. The highest BCUT2D eigenvalue weighted by molar-refractivity contribution is 5.86. The van der Waals surface area contributed by atoms with E-state index in [0.717, 1.165) is 38.2 Å². The number of carboxylic acid groups (broad SMARTS) is 1.